The third kappa shape index (κ3) is 4.02. The largest absolute Gasteiger partial charge is 0.406 e. The van der Waals surface area contributed by atoms with E-state index >= 15 is 0 Å². The van der Waals surface area contributed by atoms with Gasteiger partial charge in [-0.2, -0.15) is 13.2 Å². The Morgan fingerprint density at radius 2 is 2.12 bits per heavy atom. The van der Waals surface area contributed by atoms with Crippen LogP contribution < -0.4 is 11.4 Å². The van der Waals surface area contributed by atoms with Gasteiger partial charge in [-0.1, -0.05) is 12.2 Å². The molecule has 1 heterocycles. The van der Waals surface area contributed by atoms with Gasteiger partial charge in [0.25, 0.3) is 0 Å². The Hall–Kier alpha value is -1.64. The molecule has 3 N–H and O–H groups in total. The number of primary amides is 1. The number of nitrogens with two attached hydrogens (primary N) is 1. The van der Waals surface area contributed by atoms with Crippen LogP contribution in [0.5, 0.6) is 0 Å². The van der Waals surface area contributed by atoms with E-state index in [1.54, 1.807) is 0 Å². The number of nitrogens with zero attached hydrogens (tertiary/aromatic N) is 1. The van der Waals surface area contributed by atoms with Crippen LogP contribution in [-0.4, -0.2) is 21.6 Å². The fraction of sp³-hybridized carbons (Fsp3) is 0.375. The van der Waals surface area contributed by atoms with Gasteiger partial charge < -0.3 is 10.7 Å². The van der Waals surface area contributed by atoms with Crippen LogP contribution in [0.1, 0.15) is 5.69 Å². The molecule has 0 spiro atoms. The van der Waals surface area contributed by atoms with Gasteiger partial charge in [-0.25, -0.2) is 4.79 Å². The number of rotatable bonds is 3. The van der Waals surface area contributed by atoms with Gasteiger partial charge >= 0.3 is 11.9 Å². The summed E-state index contributed by atoms with van der Waals surface area (Å²) in [6.45, 7) is -1.47. The zero-order chi connectivity index (χ0) is 13.2. The van der Waals surface area contributed by atoms with E-state index in [0.717, 1.165) is 6.07 Å². The predicted molar refractivity (Wildman–Crippen MR) is 54.8 cm³/mol. The maximum Gasteiger partial charge on any atom is 0.406 e. The number of aromatic amines is 1. The molecule has 0 saturated carbocycles. The smallest absolute Gasteiger partial charge is 0.369 e. The van der Waals surface area contributed by atoms with Crippen molar-refractivity contribution >= 4 is 18.1 Å². The standard InChI is InChI=1S/C8H8F3N3O2S/c9-8(10,11)3-14-6(17)2-4(1-5(12)15)13-7(14)16/h2H,1,3H2,(H2,12,15)(H,13,16). The molecule has 0 aliphatic rings. The molecular formula is C8H8F3N3O2S. The molecule has 17 heavy (non-hydrogen) atoms. The third-order valence-electron chi connectivity index (χ3n) is 1.78. The number of hydrogen-bond donors (Lipinski definition) is 2. The van der Waals surface area contributed by atoms with Crippen LogP contribution in [0.2, 0.25) is 0 Å². The van der Waals surface area contributed by atoms with Crippen molar-refractivity contribution in [2.75, 3.05) is 0 Å². The summed E-state index contributed by atoms with van der Waals surface area (Å²) in [6.07, 6.45) is -4.83. The van der Waals surface area contributed by atoms with Crippen LogP contribution in [0, 0.1) is 4.64 Å². The molecule has 1 aromatic heterocycles. The molecular weight excluding hydrogens is 259 g/mol. The summed E-state index contributed by atoms with van der Waals surface area (Å²) in [5, 5.41) is 0. The monoisotopic (exact) mass is 267 g/mol. The first-order chi connectivity index (χ1) is 7.69. The second-order valence-electron chi connectivity index (χ2n) is 3.28. The van der Waals surface area contributed by atoms with E-state index in [-0.39, 0.29) is 16.8 Å². The molecule has 0 aromatic carbocycles. The molecule has 0 atom stereocenters. The molecule has 0 aliphatic heterocycles. The second-order valence-corrected chi connectivity index (χ2v) is 3.70. The Kier molecular flexibility index (Phi) is 3.71. The van der Waals surface area contributed by atoms with Gasteiger partial charge in [0.15, 0.2) is 0 Å². The van der Waals surface area contributed by atoms with Crippen molar-refractivity contribution < 1.29 is 18.0 Å². The summed E-state index contributed by atoms with van der Waals surface area (Å²) >= 11 is 4.64. The van der Waals surface area contributed by atoms with Crippen molar-refractivity contribution in [3.63, 3.8) is 0 Å². The fourth-order valence-corrected chi connectivity index (χ4v) is 1.47. The molecule has 1 rings (SSSR count). The Bertz CT molecular complexity index is 515. The molecule has 0 saturated heterocycles. The van der Waals surface area contributed by atoms with Gasteiger partial charge in [-0.3, -0.25) is 9.36 Å². The van der Waals surface area contributed by atoms with E-state index in [9.17, 15) is 22.8 Å². The molecule has 5 nitrogen and oxygen atoms in total. The van der Waals surface area contributed by atoms with Gasteiger partial charge in [-0.05, 0) is 6.07 Å². The number of H-pyrrole nitrogens is 1. The first-order valence-corrected chi connectivity index (χ1v) is 4.78. The molecule has 9 heteroatoms. The molecule has 0 aliphatic carbocycles. The number of halogens is 3. The Labute approximate surface area is 98.1 Å². The van der Waals surface area contributed by atoms with Gasteiger partial charge in [0.2, 0.25) is 5.91 Å². The highest BCUT2D eigenvalue weighted by Crippen LogP contribution is 2.16. The molecule has 94 valence electrons. The Balaban J connectivity index is 3.16. The molecule has 0 fully saturated rings. The van der Waals surface area contributed by atoms with Crippen molar-refractivity contribution in [2.24, 2.45) is 5.73 Å². The molecule has 1 amide bonds. The number of hydrogen-bond acceptors (Lipinski definition) is 3. The van der Waals surface area contributed by atoms with Crippen LogP contribution in [0.4, 0.5) is 13.2 Å². The third-order valence-corrected chi connectivity index (χ3v) is 2.12. The number of alkyl halides is 3. The summed E-state index contributed by atoms with van der Waals surface area (Å²) < 4.78 is 36.4. The topological polar surface area (TPSA) is 80.9 Å². The van der Waals surface area contributed by atoms with Crippen molar-refractivity contribution in [2.45, 2.75) is 19.1 Å². The van der Waals surface area contributed by atoms with E-state index in [1.165, 1.54) is 0 Å². The lowest BCUT2D eigenvalue weighted by atomic mass is 10.3. The highest BCUT2D eigenvalue weighted by molar-refractivity contribution is 7.71. The predicted octanol–water partition coefficient (Wildman–Crippen LogP) is 0.496. The van der Waals surface area contributed by atoms with E-state index in [2.05, 4.69) is 17.2 Å². The van der Waals surface area contributed by atoms with Gasteiger partial charge in [0, 0.05) is 5.69 Å². The maximum atomic E-state index is 12.1. The van der Waals surface area contributed by atoms with Crippen LogP contribution in [0.3, 0.4) is 0 Å². The minimum Gasteiger partial charge on any atom is -0.369 e. The summed E-state index contributed by atoms with van der Waals surface area (Å²) in [5.74, 6) is -0.719. The average Bonchev–Trinajstić information content (AvgIpc) is 2.08. The summed E-state index contributed by atoms with van der Waals surface area (Å²) in [6, 6.07) is 1.10. The van der Waals surface area contributed by atoms with E-state index in [0.29, 0.717) is 4.57 Å². The lowest BCUT2D eigenvalue weighted by molar-refractivity contribution is -0.141. The minimum absolute atomic E-state index is 0.0888. The molecule has 0 unspecified atom stereocenters. The average molecular weight is 267 g/mol. The van der Waals surface area contributed by atoms with E-state index in [1.807, 2.05) is 0 Å². The Morgan fingerprint density at radius 1 is 1.53 bits per heavy atom. The summed E-state index contributed by atoms with van der Waals surface area (Å²) in [4.78, 5) is 24.0. The first-order valence-electron chi connectivity index (χ1n) is 4.37. The normalized spacial score (nSPS) is 11.5. The molecule has 0 bridgehead atoms. The van der Waals surface area contributed by atoms with Gasteiger partial charge in [0.1, 0.15) is 11.2 Å². The van der Waals surface area contributed by atoms with Gasteiger partial charge in [-0.15, -0.1) is 0 Å². The van der Waals surface area contributed by atoms with Crippen molar-refractivity contribution in [3.8, 4) is 0 Å². The SMILES string of the molecule is NC(=O)Cc1cc(=S)n(CC(F)(F)F)c(=O)[nH]1. The zero-order valence-corrected chi connectivity index (χ0v) is 9.19. The number of amides is 1. The van der Waals surface area contributed by atoms with Crippen molar-refractivity contribution in [1.29, 1.82) is 0 Å². The number of aromatic nitrogens is 2. The maximum absolute atomic E-state index is 12.1. The van der Waals surface area contributed by atoms with Crippen molar-refractivity contribution in [1.82, 2.24) is 9.55 Å². The van der Waals surface area contributed by atoms with E-state index in [4.69, 9.17) is 5.73 Å². The van der Waals surface area contributed by atoms with Crippen LogP contribution in [0.25, 0.3) is 0 Å². The summed E-state index contributed by atoms with van der Waals surface area (Å²) in [5.41, 5.74) is 3.95. The van der Waals surface area contributed by atoms with Crippen LogP contribution in [0.15, 0.2) is 10.9 Å². The first kappa shape index (κ1) is 13.4. The lowest BCUT2D eigenvalue weighted by Gasteiger charge is -2.09. The highest BCUT2D eigenvalue weighted by Gasteiger charge is 2.29. The minimum atomic E-state index is -4.55. The molecule has 1 aromatic rings. The quantitative estimate of drug-likeness (QED) is 0.782. The lowest BCUT2D eigenvalue weighted by Crippen LogP contribution is -2.31. The van der Waals surface area contributed by atoms with Crippen LogP contribution >= 0.6 is 12.2 Å². The number of carbonyl (C=O) groups excluding carboxylic acids is 1. The zero-order valence-electron chi connectivity index (χ0n) is 8.37. The molecule has 0 radical (unpaired) electrons. The summed E-state index contributed by atoms with van der Waals surface area (Å²) in [7, 11) is 0. The second kappa shape index (κ2) is 4.70. The Morgan fingerprint density at radius 3 is 2.53 bits per heavy atom. The number of carbonyl (C=O) groups is 1. The highest BCUT2D eigenvalue weighted by atomic mass is 32.1. The van der Waals surface area contributed by atoms with E-state index < -0.39 is 24.3 Å². The van der Waals surface area contributed by atoms with Crippen LogP contribution in [-0.2, 0) is 17.8 Å². The fourth-order valence-electron chi connectivity index (χ4n) is 1.18. The number of nitrogens with one attached hydrogen (secondary N) is 1. The van der Waals surface area contributed by atoms with Crippen molar-refractivity contribution in [3.05, 3.63) is 26.9 Å². The van der Waals surface area contributed by atoms with Gasteiger partial charge in [0.05, 0.1) is 6.42 Å².